The van der Waals surface area contributed by atoms with Gasteiger partial charge in [0, 0.05) is 17.1 Å². The molecule has 3 nitrogen and oxygen atoms in total. The Morgan fingerprint density at radius 1 is 1.35 bits per heavy atom. The molecule has 0 saturated heterocycles. The fourth-order valence-corrected chi connectivity index (χ4v) is 2.09. The van der Waals surface area contributed by atoms with Gasteiger partial charge in [0.15, 0.2) is 0 Å². The fourth-order valence-electron chi connectivity index (χ4n) is 1.85. The SMILES string of the molecule is CNCC(O)c1cc(Cl)cc(C(C)C)c1OC. The Kier molecular flexibility index (Phi) is 5.25. The van der Waals surface area contributed by atoms with Crippen molar-refractivity contribution in [2.45, 2.75) is 25.9 Å². The van der Waals surface area contributed by atoms with Crippen LogP contribution in [-0.2, 0) is 0 Å². The lowest BCUT2D eigenvalue weighted by molar-refractivity contribution is 0.173. The number of halogens is 1. The Bertz CT molecular complexity index is 380. The minimum absolute atomic E-state index is 0.296. The molecule has 96 valence electrons. The summed E-state index contributed by atoms with van der Waals surface area (Å²) < 4.78 is 5.41. The Labute approximate surface area is 108 Å². The van der Waals surface area contributed by atoms with Crippen molar-refractivity contribution in [1.29, 1.82) is 0 Å². The van der Waals surface area contributed by atoms with Crippen LogP contribution in [0.1, 0.15) is 37.0 Å². The molecule has 1 aromatic carbocycles. The van der Waals surface area contributed by atoms with Crippen LogP contribution in [-0.4, -0.2) is 25.8 Å². The number of methoxy groups -OCH3 is 1. The number of nitrogens with one attached hydrogen (secondary N) is 1. The molecular weight excluding hydrogens is 238 g/mol. The van der Waals surface area contributed by atoms with Gasteiger partial charge in [-0.1, -0.05) is 25.4 Å². The summed E-state index contributed by atoms with van der Waals surface area (Å²) in [4.78, 5) is 0. The van der Waals surface area contributed by atoms with Gasteiger partial charge in [0.1, 0.15) is 5.75 Å². The predicted octanol–water partition coefficient (Wildman–Crippen LogP) is 2.72. The Morgan fingerprint density at radius 2 is 1.94 bits per heavy atom. The highest BCUT2D eigenvalue weighted by Gasteiger charge is 2.18. The Balaban J connectivity index is 3.27. The second kappa shape index (κ2) is 6.24. The maximum absolute atomic E-state index is 10.1. The number of hydrogen-bond acceptors (Lipinski definition) is 3. The molecule has 0 bridgehead atoms. The third kappa shape index (κ3) is 3.35. The third-order valence-corrected chi connectivity index (χ3v) is 2.91. The lowest BCUT2D eigenvalue weighted by Crippen LogP contribution is -2.17. The van der Waals surface area contributed by atoms with E-state index in [0.717, 1.165) is 16.9 Å². The Morgan fingerprint density at radius 3 is 2.41 bits per heavy atom. The summed E-state index contributed by atoms with van der Waals surface area (Å²) in [7, 11) is 3.41. The largest absolute Gasteiger partial charge is 0.496 e. The molecule has 0 heterocycles. The van der Waals surface area contributed by atoms with Crippen molar-refractivity contribution in [3.63, 3.8) is 0 Å². The van der Waals surface area contributed by atoms with Crippen LogP contribution in [0.25, 0.3) is 0 Å². The van der Waals surface area contributed by atoms with Gasteiger partial charge in [0.25, 0.3) is 0 Å². The second-order valence-electron chi connectivity index (χ2n) is 4.35. The number of benzene rings is 1. The van der Waals surface area contributed by atoms with Crippen molar-refractivity contribution >= 4 is 11.6 Å². The van der Waals surface area contributed by atoms with Crippen LogP contribution < -0.4 is 10.1 Å². The number of rotatable bonds is 5. The predicted molar refractivity (Wildman–Crippen MR) is 71.0 cm³/mol. The molecule has 0 fully saturated rings. The van der Waals surface area contributed by atoms with Crippen molar-refractivity contribution in [2.24, 2.45) is 0 Å². The fraction of sp³-hybridized carbons (Fsp3) is 0.538. The summed E-state index contributed by atoms with van der Waals surface area (Å²) >= 11 is 6.08. The van der Waals surface area contributed by atoms with Crippen molar-refractivity contribution in [1.82, 2.24) is 5.32 Å². The lowest BCUT2D eigenvalue weighted by Gasteiger charge is -2.20. The normalized spacial score (nSPS) is 12.9. The first-order valence-electron chi connectivity index (χ1n) is 5.71. The quantitative estimate of drug-likeness (QED) is 0.852. The molecule has 0 amide bonds. The van der Waals surface area contributed by atoms with E-state index in [2.05, 4.69) is 19.2 Å². The van der Waals surface area contributed by atoms with E-state index in [1.165, 1.54) is 0 Å². The third-order valence-electron chi connectivity index (χ3n) is 2.69. The Hall–Kier alpha value is -0.770. The number of aliphatic hydroxyl groups excluding tert-OH is 1. The molecule has 0 saturated carbocycles. The highest BCUT2D eigenvalue weighted by atomic mass is 35.5. The van der Waals surface area contributed by atoms with E-state index in [9.17, 15) is 5.11 Å². The van der Waals surface area contributed by atoms with Crippen LogP contribution in [0, 0.1) is 0 Å². The smallest absolute Gasteiger partial charge is 0.128 e. The maximum atomic E-state index is 10.1. The van der Waals surface area contributed by atoms with E-state index in [0.29, 0.717) is 17.5 Å². The summed E-state index contributed by atoms with van der Waals surface area (Å²) in [5.74, 6) is 1.02. The van der Waals surface area contributed by atoms with Gasteiger partial charge in [-0.3, -0.25) is 0 Å². The number of aliphatic hydroxyl groups is 1. The first-order valence-corrected chi connectivity index (χ1v) is 6.09. The molecule has 1 rings (SSSR count). The topological polar surface area (TPSA) is 41.5 Å². The van der Waals surface area contributed by atoms with E-state index >= 15 is 0 Å². The first kappa shape index (κ1) is 14.3. The average molecular weight is 258 g/mol. The van der Waals surface area contributed by atoms with Gasteiger partial charge in [0.2, 0.25) is 0 Å². The van der Waals surface area contributed by atoms with Crippen LogP contribution >= 0.6 is 11.6 Å². The molecule has 4 heteroatoms. The van der Waals surface area contributed by atoms with Crippen molar-refractivity contribution in [3.8, 4) is 5.75 Å². The summed E-state index contributed by atoms with van der Waals surface area (Å²) in [6, 6.07) is 3.65. The summed E-state index contributed by atoms with van der Waals surface area (Å²) in [6.07, 6.45) is -0.619. The van der Waals surface area contributed by atoms with Gasteiger partial charge in [-0.25, -0.2) is 0 Å². The molecule has 0 aliphatic heterocycles. The van der Waals surface area contributed by atoms with Gasteiger partial charge in [-0.2, -0.15) is 0 Å². The van der Waals surface area contributed by atoms with Crippen LogP contribution in [0.2, 0.25) is 5.02 Å². The molecule has 0 aromatic heterocycles. The van der Waals surface area contributed by atoms with E-state index in [4.69, 9.17) is 16.3 Å². The van der Waals surface area contributed by atoms with Gasteiger partial charge >= 0.3 is 0 Å². The van der Waals surface area contributed by atoms with Crippen molar-refractivity contribution < 1.29 is 9.84 Å². The summed E-state index contributed by atoms with van der Waals surface area (Å²) in [5.41, 5.74) is 1.75. The number of likely N-dealkylation sites (N-methyl/N-ethyl adjacent to an activating group) is 1. The molecule has 2 N–H and O–H groups in total. The number of hydrogen-bond donors (Lipinski definition) is 2. The van der Waals surface area contributed by atoms with Gasteiger partial charge in [0.05, 0.1) is 13.2 Å². The minimum Gasteiger partial charge on any atom is -0.496 e. The van der Waals surface area contributed by atoms with Gasteiger partial charge in [-0.05, 0) is 30.7 Å². The second-order valence-corrected chi connectivity index (χ2v) is 4.78. The van der Waals surface area contributed by atoms with E-state index in [1.807, 2.05) is 6.07 Å². The van der Waals surface area contributed by atoms with Gasteiger partial charge in [-0.15, -0.1) is 0 Å². The average Bonchev–Trinajstić information content (AvgIpc) is 2.28. The van der Waals surface area contributed by atoms with Crippen LogP contribution in [0.5, 0.6) is 5.75 Å². The molecular formula is C13H20ClNO2. The van der Waals surface area contributed by atoms with E-state index in [1.54, 1.807) is 20.2 Å². The summed E-state index contributed by atoms with van der Waals surface area (Å²) in [5, 5.41) is 13.6. The molecule has 0 aliphatic carbocycles. The molecule has 0 radical (unpaired) electrons. The number of ether oxygens (including phenoxy) is 1. The highest BCUT2D eigenvalue weighted by Crippen LogP contribution is 2.36. The zero-order chi connectivity index (χ0) is 13.0. The zero-order valence-electron chi connectivity index (χ0n) is 10.7. The van der Waals surface area contributed by atoms with Crippen molar-refractivity contribution in [3.05, 3.63) is 28.3 Å². The van der Waals surface area contributed by atoms with E-state index < -0.39 is 6.10 Å². The van der Waals surface area contributed by atoms with Crippen LogP contribution in [0.4, 0.5) is 0 Å². The van der Waals surface area contributed by atoms with E-state index in [-0.39, 0.29) is 0 Å². The monoisotopic (exact) mass is 257 g/mol. The van der Waals surface area contributed by atoms with Crippen LogP contribution in [0.3, 0.4) is 0 Å². The van der Waals surface area contributed by atoms with Crippen molar-refractivity contribution in [2.75, 3.05) is 20.7 Å². The molecule has 17 heavy (non-hydrogen) atoms. The lowest BCUT2D eigenvalue weighted by atomic mass is 9.96. The highest BCUT2D eigenvalue weighted by molar-refractivity contribution is 6.30. The maximum Gasteiger partial charge on any atom is 0.128 e. The standard InChI is InChI=1S/C13H20ClNO2/c1-8(2)10-5-9(14)6-11(13(10)17-4)12(16)7-15-3/h5-6,8,12,15-16H,7H2,1-4H3. The molecule has 1 unspecified atom stereocenters. The van der Waals surface area contributed by atoms with Gasteiger partial charge < -0.3 is 15.2 Å². The minimum atomic E-state index is -0.619. The van der Waals surface area contributed by atoms with Crippen LogP contribution in [0.15, 0.2) is 12.1 Å². The molecule has 0 aliphatic rings. The molecule has 1 atom stereocenters. The summed E-state index contributed by atoms with van der Waals surface area (Å²) in [6.45, 7) is 4.61. The molecule has 0 spiro atoms. The molecule has 1 aromatic rings. The zero-order valence-corrected chi connectivity index (χ0v) is 11.5. The first-order chi connectivity index (χ1) is 8.01.